The quantitative estimate of drug-likeness (QED) is 0.593. The van der Waals surface area contributed by atoms with E-state index in [4.69, 9.17) is 9.47 Å². The van der Waals surface area contributed by atoms with Gasteiger partial charge in [0.05, 0.1) is 6.61 Å². The van der Waals surface area contributed by atoms with Crippen molar-refractivity contribution in [3.63, 3.8) is 0 Å². The minimum absolute atomic E-state index is 0.253. The molecule has 0 unspecified atom stereocenters. The Labute approximate surface area is 150 Å². The van der Waals surface area contributed by atoms with Crippen molar-refractivity contribution in [2.45, 2.75) is 6.92 Å². The highest BCUT2D eigenvalue weighted by atomic mass is 16.5. The highest BCUT2D eigenvalue weighted by Gasteiger charge is 2.11. The molecular weight excluding hydrogens is 334 g/mol. The third kappa shape index (κ3) is 4.13. The van der Waals surface area contributed by atoms with Crippen molar-refractivity contribution >= 4 is 22.7 Å². The molecule has 3 N–H and O–H groups in total. The topological polar surface area (TPSA) is 92.4 Å². The van der Waals surface area contributed by atoms with E-state index in [0.29, 0.717) is 23.8 Å². The van der Waals surface area contributed by atoms with Gasteiger partial charge in [-0.1, -0.05) is 30.3 Å². The van der Waals surface area contributed by atoms with Gasteiger partial charge >= 0.3 is 0 Å². The molecule has 134 valence electrons. The number of aromatic nitrogens is 1. The lowest BCUT2D eigenvalue weighted by Crippen LogP contribution is -2.43. The normalized spacial score (nSPS) is 10.3. The number of benzene rings is 2. The Balaban J connectivity index is 1.51. The second kappa shape index (κ2) is 8.06. The number of carbonyl (C=O) groups is 2. The maximum atomic E-state index is 12.1. The van der Waals surface area contributed by atoms with Crippen LogP contribution < -0.4 is 20.3 Å². The fraction of sp³-hybridized carbons (Fsp3) is 0.158. The van der Waals surface area contributed by atoms with E-state index in [9.17, 15) is 9.59 Å². The molecule has 0 bridgehead atoms. The van der Waals surface area contributed by atoms with Gasteiger partial charge in [-0.2, -0.15) is 0 Å². The van der Waals surface area contributed by atoms with E-state index in [1.165, 1.54) is 0 Å². The lowest BCUT2D eigenvalue weighted by atomic mass is 10.2. The van der Waals surface area contributed by atoms with Crippen LogP contribution in [-0.4, -0.2) is 30.0 Å². The molecule has 2 aromatic carbocycles. The number of rotatable bonds is 6. The average molecular weight is 353 g/mol. The first-order valence-electron chi connectivity index (χ1n) is 8.19. The molecular formula is C19H19N3O4. The van der Waals surface area contributed by atoms with Gasteiger partial charge in [0, 0.05) is 10.9 Å². The highest BCUT2D eigenvalue weighted by molar-refractivity contribution is 5.98. The Kier molecular flexibility index (Phi) is 5.38. The summed E-state index contributed by atoms with van der Waals surface area (Å²) in [5.74, 6) is 0.0985. The molecule has 7 heteroatoms. The van der Waals surface area contributed by atoms with Crippen LogP contribution in [0.3, 0.4) is 0 Å². The minimum Gasteiger partial charge on any atom is -0.490 e. The summed E-state index contributed by atoms with van der Waals surface area (Å²) in [6.45, 7) is 2.10. The van der Waals surface area contributed by atoms with Gasteiger partial charge in [-0.25, -0.2) is 0 Å². The van der Waals surface area contributed by atoms with E-state index in [1.807, 2.05) is 37.3 Å². The number of hydrogen-bond acceptors (Lipinski definition) is 4. The van der Waals surface area contributed by atoms with Crippen LogP contribution in [0.15, 0.2) is 54.6 Å². The predicted octanol–water partition coefficient (Wildman–Crippen LogP) is 2.41. The Bertz CT molecular complexity index is 887. The van der Waals surface area contributed by atoms with Crippen molar-refractivity contribution in [3.05, 3.63) is 60.3 Å². The van der Waals surface area contributed by atoms with Crippen LogP contribution in [-0.2, 0) is 4.79 Å². The summed E-state index contributed by atoms with van der Waals surface area (Å²) in [6, 6.07) is 16.3. The molecule has 3 aromatic rings. The first-order valence-corrected chi connectivity index (χ1v) is 8.19. The van der Waals surface area contributed by atoms with Crippen LogP contribution in [0.5, 0.6) is 11.5 Å². The molecule has 0 spiro atoms. The van der Waals surface area contributed by atoms with Gasteiger partial charge in [0.1, 0.15) is 5.69 Å². The van der Waals surface area contributed by atoms with Crippen molar-refractivity contribution in [3.8, 4) is 11.5 Å². The summed E-state index contributed by atoms with van der Waals surface area (Å²) in [5.41, 5.74) is 5.88. The lowest BCUT2D eigenvalue weighted by Gasteiger charge is -2.11. The van der Waals surface area contributed by atoms with Gasteiger partial charge in [0.2, 0.25) is 0 Å². The van der Waals surface area contributed by atoms with Crippen LogP contribution in [0.1, 0.15) is 17.4 Å². The van der Waals surface area contributed by atoms with Crippen molar-refractivity contribution in [1.29, 1.82) is 0 Å². The van der Waals surface area contributed by atoms with Gasteiger partial charge in [0.15, 0.2) is 18.1 Å². The third-order valence-corrected chi connectivity index (χ3v) is 3.60. The van der Waals surface area contributed by atoms with Gasteiger partial charge in [-0.3, -0.25) is 20.4 Å². The van der Waals surface area contributed by atoms with Crippen LogP contribution in [0.2, 0.25) is 0 Å². The molecule has 0 aliphatic heterocycles. The molecule has 2 amide bonds. The largest absolute Gasteiger partial charge is 0.490 e. The van der Waals surface area contributed by atoms with E-state index >= 15 is 0 Å². The Morgan fingerprint density at radius 3 is 2.38 bits per heavy atom. The zero-order chi connectivity index (χ0) is 18.4. The lowest BCUT2D eigenvalue weighted by molar-refractivity contribution is -0.123. The minimum atomic E-state index is -0.485. The van der Waals surface area contributed by atoms with Gasteiger partial charge < -0.3 is 14.5 Å². The Morgan fingerprint density at radius 1 is 0.962 bits per heavy atom. The number of para-hydroxylation sites is 3. The molecule has 0 aliphatic carbocycles. The molecule has 26 heavy (non-hydrogen) atoms. The molecule has 0 radical (unpaired) electrons. The maximum absolute atomic E-state index is 12.1. The molecule has 1 aromatic heterocycles. The van der Waals surface area contributed by atoms with Crippen molar-refractivity contribution < 1.29 is 19.1 Å². The van der Waals surface area contributed by atoms with E-state index < -0.39 is 11.8 Å². The summed E-state index contributed by atoms with van der Waals surface area (Å²) >= 11 is 0. The first-order chi connectivity index (χ1) is 12.7. The van der Waals surface area contributed by atoms with E-state index in [0.717, 1.165) is 10.9 Å². The molecule has 0 saturated heterocycles. The molecule has 0 saturated carbocycles. The van der Waals surface area contributed by atoms with Crippen molar-refractivity contribution in [2.24, 2.45) is 0 Å². The second-order valence-electron chi connectivity index (χ2n) is 5.44. The van der Waals surface area contributed by atoms with Gasteiger partial charge in [-0.15, -0.1) is 0 Å². The molecule has 1 heterocycles. The average Bonchev–Trinajstić information content (AvgIpc) is 3.10. The standard InChI is InChI=1S/C19H19N3O4/c1-2-25-16-9-5-6-10-17(16)26-12-18(23)21-22-19(24)15-11-13-7-3-4-8-14(13)20-15/h3-11,20H,2,12H2,1H3,(H,21,23)(H,22,24). The monoisotopic (exact) mass is 353 g/mol. The van der Waals surface area contributed by atoms with E-state index in [1.54, 1.807) is 24.3 Å². The number of hydrazine groups is 1. The number of fused-ring (bicyclic) bond motifs is 1. The number of aromatic amines is 1. The third-order valence-electron chi connectivity index (χ3n) is 3.60. The number of hydrogen-bond donors (Lipinski definition) is 3. The maximum Gasteiger partial charge on any atom is 0.286 e. The van der Waals surface area contributed by atoms with Crippen molar-refractivity contribution in [1.82, 2.24) is 15.8 Å². The number of nitrogens with one attached hydrogen (secondary N) is 3. The molecule has 3 rings (SSSR count). The zero-order valence-electron chi connectivity index (χ0n) is 14.2. The smallest absolute Gasteiger partial charge is 0.286 e. The SMILES string of the molecule is CCOc1ccccc1OCC(=O)NNC(=O)c1cc2ccccc2[nH]1. The van der Waals surface area contributed by atoms with Gasteiger partial charge in [-0.05, 0) is 31.2 Å². The highest BCUT2D eigenvalue weighted by Crippen LogP contribution is 2.26. The Morgan fingerprint density at radius 2 is 1.65 bits per heavy atom. The predicted molar refractivity (Wildman–Crippen MR) is 97.0 cm³/mol. The number of ether oxygens (including phenoxy) is 2. The molecule has 0 aliphatic rings. The molecule has 0 fully saturated rings. The van der Waals surface area contributed by atoms with Crippen molar-refractivity contribution in [2.75, 3.05) is 13.2 Å². The molecule has 0 atom stereocenters. The number of carbonyl (C=O) groups excluding carboxylic acids is 2. The fourth-order valence-corrected chi connectivity index (χ4v) is 2.41. The Hall–Kier alpha value is -3.48. The van der Waals surface area contributed by atoms with Crippen LogP contribution >= 0.6 is 0 Å². The molecule has 7 nitrogen and oxygen atoms in total. The summed E-state index contributed by atoms with van der Waals surface area (Å²) in [4.78, 5) is 27.0. The summed E-state index contributed by atoms with van der Waals surface area (Å²) in [6.07, 6.45) is 0. The van der Waals surface area contributed by atoms with Crippen LogP contribution in [0.25, 0.3) is 10.9 Å². The fourth-order valence-electron chi connectivity index (χ4n) is 2.41. The number of amides is 2. The first kappa shape index (κ1) is 17.3. The van der Waals surface area contributed by atoms with E-state index in [-0.39, 0.29) is 6.61 Å². The summed E-state index contributed by atoms with van der Waals surface area (Å²) < 4.78 is 10.9. The van der Waals surface area contributed by atoms with Crippen LogP contribution in [0, 0.1) is 0 Å². The van der Waals surface area contributed by atoms with E-state index in [2.05, 4.69) is 15.8 Å². The van der Waals surface area contributed by atoms with Crippen LogP contribution in [0.4, 0.5) is 0 Å². The summed E-state index contributed by atoms with van der Waals surface area (Å²) in [5, 5.41) is 0.917. The summed E-state index contributed by atoms with van der Waals surface area (Å²) in [7, 11) is 0. The van der Waals surface area contributed by atoms with Gasteiger partial charge in [0.25, 0.3) is 11.8 Å². The number of H-pyrrole nitrogens is 1. The second-order valence-corrected chi connectivity index (χ2v) is 5.44. The zero-order valence-corrected chi connectivity index (χ0v) is 14.2.